The van der Waals surface area contributed by atoms with Gasteiger partial charge in [0.15, 0.2) is 0 Å². The summed E-state index contributed by atoms with van der Waals surface area (Å²) >= 11 is 0. The van der Waals surface area contributed by atoms with Crippen LogP contribution in [0.5, 0.6) is 5.75 Å². The van der Waals surface area contributed by atoms with Crippen molar-refractivity contribution in [2.45, 2.75) is 27.3 Å². The number of nitrogens with one attached hydrogen (secondary N) is 2. The first-order valence-corrected chi connectivity index (χ1v) is 8.63. The largest absolute Gasteiger partial charge is 0.496 e. The number of carbonyl (C=O) groups excluding carboxylic acids is 2. The summed E-state index contributed by atoms with van der Waals surface area (Å²) in [5, 5.41) is 5.45. The molecule has 2 aromatic rings. The number of rotatable bonds is 5. The van der Waals surface area contributed by atoms with E-state index in [2.05, 4.69) is 15.6 Å². The fourth-order valence-electron chi connectivity index (χ4n) is 2.89. The fraction of sp³-hybridized carbons (Fsp3) is 0.350. The lowest BCUT2D eigenvalue weighted by Crippen LogP contribution is -2.32. The van der Waals surface area contributed by atoms with Crippen molar-refractivity contribution >= 4 is 17.6 Å². The van der Waals surface area contributed by atoms with Crippen LogP contribution < -0.4 is 15.4 Å². The average Bonchev–Trinajstić information content (AvgIpc) is 2.65. The summed E-state index contributed by atoms with van der Waals surface area (Å²) in [6.45, 7) is 6.00. The molecule has 0 aliphatic carbocycles. The van der Waals surface area contributed by atoms with Gasteiger partial charge in [0.25, 0.3) is 5.91 Å². The number of anilines is 1. The Morgan fingerprint density at radius 2 is 1.89 bits per heavy atom. The molecule has 1 aromatic carbocycles. The lowest BCUT2D eigenvalue weighted by molar-refractivity contribution is 0.0962. The van der Waals surface area contributed by atoms with E-state index in [4.69, 9.17) is 4.74 Å². The summed E-state index contributed by atoms with van der Waals surface area (Å²) in [6, 6.07) is 4.95. The summed E-state index contributed by atoms with van der Waals surface area (Å²) in [6.07, 6.45) is 1.74. The number of urea groups is 1. The van der Waals surface area contributed by atoms with Crippen molar-refractivity contribution < 1.29 is 14.3 Å². The molecule has 0 aliphatic heterocycles. The van der Waals surface area contributed by atoms with Crippen molar-refractivity contribution in [2.75, 3.05) is 26.5 Å². The molecule has 1 heterocycles. The average molecular weight is 370 g/mol. The van der Waals surface area contributed by atoms with E-state index >= 15 is 0 Å². The van der Waals surface area contributed by atoms with Gasteiger partial charge in [-0.15, -0.1) is 0 Å². The number of aryl methyl sites for hydroxylation is 1. The van der Waals surface area contributed by atoms with Gasteiger partial charge in [0.2, 0.25) is 0 Å². The summed E-state index contributed by atoms with van der Waals surface area (Å²) < 4.78 is 5.42. The van der Waals surface area contributed by atoms with Gasteiger partial charge in [-0.2, -0.15) is 0 Å². The Bertz CT molecular complexity index is 865. The Morgan fingerprint density at radius 1 is 1.19 bits per heavy atom. The van der Waals surface area contributed by atoms with Crippen LogP contribution in [0.1, 0.15) is 32.7 Å². The topological polar surface area (TPSA) is 83.6 Å². The van der Waals surface area contributed by atoms with Gasteiger partial charge in [0.1, 0.15) is 5.75 Å². The summed E-state index contributed by atoms with van der Waals surface area (Å²) in [5.41, 5.74) is 4.47. The highest BCUT2D eigenvalue weighted by Crippen LogP contribution is 2.25. The summed E-state index contributed by atoms with van der Waals surface area (Å²) in [4.78, 5) is 30.5. The second-order valence-corrected chi connectivity index (χ2v) is 6.39. The predicted molar refractivity (Wildman–Crippen MR) is 105 cm³/mol. The van der Waals surface area contributed by atoms with E-state index in [0.717, 1.165) is 22.6 Å². The van der Waals surface area contributed by atoms with Crippen LogP contribution in [-0.4, -0.2) is 43.0 Å². The minimum atomic E-state index is -0.284. The van der Waals surface area contributed by atoms with Crippen LogP contribution in [0.4, 0.5) is 10.5 Å². The van der Waals surface area contributed by atoms with Crippen molar-refractivity contribution in [3.05, 3.63) is 52.3 Å². The van der Waals surface area contributed by atoms with Crippen LogP contribution in [0.25, 0.3) is 0 Å². The second kappa shape index (κ2) is 8.53. The lowest BCUT2D eigenvalue weighted by atomic mass is 10.1. The Morgan fingerprint density at radius 3 is 2.52 bits per heavy atom. The van der Waals surface area contributed by atoms with Crippen molar-refractivity contribution in [3.8, 4) is 5.75 Å². The molecule has 144 valence electrons. The Kier molecular flexibility index (Phi) is 6.39. The molecule has 0 saturated carbocycles. The van der Waals surface area contributed by atoms with Gasteiger partial charge in [-0.25, -0.2) is 4.79 Å². The minimum absolute atomic E-state index is 0.191. The molecule has 0 aliphatic rings. The first kappa shape index (κ1) is 20.2. The molecule has 0 atom stereocenters. The van der Waals surface area contributed by atoms with E-state index in [-0.39, 0.29) is 11.9 Å². The monoisotopic (exact) mass is 370 g/mol. The highest BCUT2D eigenvalue weighted by atomic mass is 16.5. The highest BCUT2D eigenvalue weighted by Gasteiger charge is 2.17. The van der Waals surface area contributed by atoms with E-state index in [9.17, 15) is 9.59 Å². The number of benzene rings is 1. The predicted octanol–water partition coefficient (Wildman–Crippen LogP) is 3.04. The number of amides is 3. The van der Waals surface area contributed by atoms with Gasteiger partial charge in [-0.1, -0.05) is 6.07 Å². The number of ether oxygens (including phenoxy) is 1. The molecule has 0 saturated heterocycles. The molecular weight excluding hydrogens is 344 g/mol. The van der Waals surface area contributed by atoms with Crippen molar-refractivity contribution in [3.63, 3.8) is 0 Å². The number of pyridine rings is 1. The molecule has 2 rings (SSSR count). The first-order valence-electron chi connectivity index (χ1n) is 8.63. The molecule has 1 aromatic heterocycles. The molecule has 2 N–H and O–H groups in total. The number of nitrogens with zero attached hydrogens (tertiary/aromatic N) is 2. The van der Waals surface area contributed by atoms with Gasteiger partial charge in [0.05, 0.1) is 19.3 Å². The van der Waals surface area contributed by atoms with Crippen LogP contribution in [0.2, 0.25) is 0 Å². The maximum absolute atomic E-state index is 12.6. The quantitative estimate of drug-likeness (QED) is 0.847. The number of aromatic nitrogens is 1. The number of hydrogen-bond donors (Lipinski definition) is 2. The third-order valence-electron chi connectivity index (χ3n) is 4.53. The molecule has 27 heavy (non-hydrogen) atoms. The minimum Gasteiger partial charge on any atom is -0.496 e. The van der Waals surface area contributed by atoms with Gasteiger partial charge in [-0.05, 0) is 38.5 Å². The zero-order valence-electron chi connectivity index (χ0n) is 16.6. The van der Waals surface area contributed by atoms with Crippen LogP contribution in [-0.2, 0) is 6.54 Å². The zero-order chi connectivity index (χ0) is 20.1. The Hall–Kier alpha value is -3.09. The molecule has 0 radical (unpaired) electrons. The zero-order valence-corrected chi connectivity index (χ0v) is 16.6. The maximum Gasteiger partial charge on any atom is 0.321 e. The van der Waals surface area contributed by atoms with E-state index < -0.39 is 0 Å². The normalized spacial score (nSPS) is 10.3. The third kappa shape index (κ3) is 4.36. The molecular formula is C20H26N4O3. The molecule has 7 nitrogen and oxygen atoms in total. The summed E-state index contributed by atoms with van der Waals surface area (Å²) in [7, 11) is 4.89. The molecule has 7 heteroatoms. The van der Waals surface area contributed by atoms with Gasteiger partial charge in [-0.3, -0.25) is 9.78 Å². The number of methoxy groups -OCH3 is 1. The van der Waals surface area contributed by atoms with Crippen LogP contribution in [0.3, 0.4) is 0 Å². The van der Waals surface area contributed by atoms with E-state index in [1.54, 1.807) is 52.5 Å². The van der Waals surface area contributed by atoms with Crippen molar-refractivity contribution in [1.29, 1.82) is 0 Å². The fourth-order valence-corrected chi connectivity index (χ4v) is 2.89. The maximum atomic E-state index is 12.6. The van der Waals surface area contributed by atoms with Gasteiger partial charge >= 0.3 is 6.03 Å². The molecule has 0 bridgehead atoms. The number of carbonyl (C=O) groups is 2. The van der Waals surface area contributed by atoms with Crippen molar-refractivity contribution in [1.82, 2.24) is 15.2 Å². The molecule has 0 spiro atoms. The second-order valence-electron chi connectivity index (χ2n) is 6.39. The molecule has 0 fully saturated rings. The molecule has 0 unspecified atom stereocenters. The van der Waals surface area contributed by atoms with Gasteiger partial charge in [0, 0.05) is 42.7 Å². The Balaban J connectivity index is 2.17. The number of hydrogen-bond acceptors (Lipinski definition) is 4. The molecule has 3 amide bonds. The third-order valence-corrected chi connectivity index (χ3v) is 4.53. The van der Waals surface area contributed by atoms with E-state index in [1.165, 1.54) is 4.90 Å². The van der Waals surface area contributed by atoms with Gasteiger partial charge < -0.3 is 20.3 Å². The van der Waals surface area contributed by atoms with Crippen LogP contribution >= 0.6 is 0 Å². The highest BCUT2D eigenvalue weighted by molar-refractivity contribution is 5.98. The SMILES string of the molecule is CNC(=O)c1cccc(NC(=O)N(C)Cc2ncc(C)c(OC)c2C)c1C. The lowest BCUT2D eigenvalue weighted by Gasteiger charge is -2.21. The van der Waals surface area contributed by atoms with Crippen LogP contribution in [0, 0.1) is 20.8 Å². The smallest absolute Gasteiger partial charge is 0.321 e. The van der Waals surface area contributed by atoms with E-state index in [1.807, 2.05) is 13.8 Å². The first-order chi connectivity index (χ1) is 12.8. The van der Waals surface area contributed by atoms with Crippen molar-refractivity contribution in [2.24, 2.45) is 0 Å². The standard InChI is InChI=1S/C20H26N4O3/c1-12-10-22-17(14(3)18(12)27-6)11-24(5)20(26)23-16-9-7-8-15(13(16)2)19(25)21-4/h7-10H,11H2,1-6H3,(H,21,25)(H,23,26). The Labute approximate surface area is 159 Å². The van der Waals surface area contributed by atoms with E-state index in [0.29, 0.717) is 23.4 Å². The summed E-state index contributed by atoms with van der Waals surface area (Å²) in [5.74, 6) is 0.589. The van der Waals surface area contributed by atoms with Crippen LogP contribution in [0.15, 0.2) is 24.4 Å².